The Kier molecular flexibility index (Phi) is 6.19. The zero-order valence-electron chi connectivity index (χ0n) is 13.3. The van der Waals surface area contributed by atoms with Gasteiger partial charge in [0, 0.05) is 6.42 Å². The van der Waals surface area contributed by atoms with Crippen molar-refractivity contribution in [3.8, 4) is 5.75 Å². The lowest BCUT2D eigenvalue weighted by atomic mass is 10.1. The van der Waals surface area contributed by atoms with E-state index >= 15 is 0 Å². The smallest absolute Gasteiger partial charge is 0.412 e. The molecular weight excluding hydrogens is 310 g/mol. The molecule has 1 amide bonds. The van der Waals surface area contributed by atoms with Gasteiger partial charge in [-0.25, -0.2) is 4.79 Å². The van der Waals surface area contributed by atoms with Crippen LogP contribution in [0.25, 0.3) is 0 Å². The first-order chi connectivity index (χ1) is 11.6. The van der Waals surface area contributed by atoms with E-state index in [1.165, 1.54) is 13.2 Å². The van der Waals surface area contributed by atoms with Gasteiger partial charge in [0.2, 0.25) is 0 Å². The number of phenols is 1. The third kappa shape index (κ3) is 5.31. The number of methoxy groups -OCH3 is 1. The van der Waals surface area contributed by atoms with E-state index in [0.29, 0.717) is 6.42 Å². The van der Waals surface area contributed by atoms with Crippen LogP contribution in [0, 0.1) is 0 Å². The fourth-order valence-corrected chi connectivity index (χ4v) is 2.06. The summed E-state index contributed by atoms with van der Waals surface area (Å²) in [5.74, 6) is -0.395. The van der Waals surface area contributed by atoms with Crippen molar-refractivity contribution in [2.24, 2.45) is 0 Å². The van der Waals surface area contributed by atoms with E-state index < -0.39 is 6.09 Å². The Morgan fingerprint density at radius 3 is 2.54 bits per heavy atom. The lowest BCUT2D eigenvalue weighted by Gasteiger charge is -2.10. The van der Waals surface area contributed by atoms with Crippen molar-refractivity contribution in [3.63, 3.8) is 0 Å². The summed E-state index contributed by atoms with van der Waals surface area (Å²) in [6.45, 7) is 0.134. The van der Waals surface area contributed by atoms with E-state index in [1.54, 1.807) is 12.1 Å². The van der Waals surface area contributed by atoms with Crippen LogP contribution < -0.4 is 5.32 Å². The number of rotatable bonds is 6. The van der Waals surface area contributed by atoms with Crippen LogP contribution in [0.2, 0.25) is 0 Å². The molecule has 0 spiro atoms. The summed E-state index contributed by atoms with van der Waals surface area (Å²) in [5.41, 5.74) is 1.88. The number of hydrogen-bond acceptors (Lipinski definition) is 5. The highest BCUT2D eigenvalue weighted by atomic mass is 16.5. The Hall–Kier alpha value is -3.02. The van der Waals surface area contributed by atoms with Gasteiger partial charge in [0.05, 0.1) is 12.8 Å². The summed E-state index contributed by atoms with van der Waals surface area (Å²) in [7, 11) is 1.33. The van der Waals surface area contributed by atoms with Crippen LogP contribution in [-0.2, 0) is 27.3 Å². The van der Waals surface area contributed by atoms with Crippen LogP contribution in [0.5, 0.6) is 5.75 Å². The Bertz CT molecular complexity index is 700. The van der Waals surface area contributed by atoms with Gasteiger partial charge in [-0.05, 0) is 29.7 Å². The highest BCUT2D eigenvalue weighted by Crippen LogP contribution is 2.25. The third-order valence-corrected chi connectivity index (χ3v) is 3.36. The molecule has 2 aromatic rings. The Labute approximate surface area is 140 Å². The second-order valence-corrected chi connectivity index (χ2v) is 5.11. The largest absolute Gasteiger partial charge is 0.506 e. The third-order valence-electron chi connectivity index (χ3n) is 3.36. The number of aryl methyl sites for hydroxylation is 1. The molecule has 0 atom stereocenters. The summed E-state index contributed by atoms with van der Waals surface area (Å²) in [5, 5.41) is 12.3. The van der Waals surface area contributed by atoms with E-state index in [9.17, 15) is 14.7 Å². The van der Waals surface area contributed by atoms with Crippen molar-refractivity contribution in [2.75, 3.05) is 12.4 Å². The minimum absolute atomic E-state index is 0.0755. The molecule has 0 radical (unpaired) electrons. The molecule has 24 heavy (non-hydrogen) atoms. The zero-order valence-corrected chi connectivity index (χ0v) is 13.3. The van der Waals surface area contributed by atoms with Gasteiger partial charge >= 0.3 is 12.1 Å². The topological polar surface area (TPSA) is 84.9 Å². The minimum Gasteiger partial charge on any atom is -0.506 e. The maximum atomic E-state index is 11.8. The second kappa shape index (κ2) is 8.57. The fraction of sp³-hybridized carbons (Fsp3) is 0.222. The van der Waals surface area contributed by atoms with Crippen LogP contribution >= 0.6 is 0 Å². The van der Waals surface area contributed by atoms with Gasteiger partial charge in [0.15, 0.2) is 0 Å². The number of hydrogen-bond donors (Lipinski definition) is 2. The molecule has 0 saturated carbocycles. The first kappa shape index (κ1) is 17.3. The number of carbonyl (C=O) groups is 2. The molecule has 0 fully saturated rings. The normalized spacial score (nSPS) is 10.0. The molecule has 0 aromatic heterocycles. The van der Waals surface area contributed by atoms with Gasteiger partial charge < -0.3 is 14.6 Å². The summed E-state index contributed by atoms with van der Waals surface area (Å²) in [6.07, 6.45) is -0.000809. The van der Waals surface area contributed by atoms with Crippen LogP contribution in [-0.4, -0.2) is 24.3 Å². The lowest BCUT2D eigenvalue weighted by Crippen LogP contribution is -2.14. The molecule has 2 N–H and O–H groups in total. The van der Waals surface area contributed by atoms with Crippen molar-refractivity contribution in [1.82, 2.24) is 0 Å². The molecule has 0 unspecified atom stereocenters. The average molecular weight is 329 g/mol. The highest BCUT2D eigenvalue weighted by Gasteiger charge is 2.10. The highest BCUT2D eigenvalue weighted by molar-refractivity contribution is 5.86. The van der Waals surface area contributed by atoms with Gasteiger partial charge in [-0.1, -0.05) is 36.4 Å². The van der Waals surface area contributed by atoms with Crippen LogP contribution in [0.15, 0.2) is 48.5 Å². The van der Waals surface area contributed by atoms with Gasteiger partial charge in [0.1, 0.15) is 12.4 Å². The fourth-order valence-electron chi connectivity index (χ4n) is 2.06. The first-order valence-electron chi connectivity index (χ1n) is 7.45. The van der Waals surface area contributed by atoms with Gasteiger partial charge in [0.25, 0.3) is 0 Å². The number of amides is 1. The van der Waals surface area contributed by atoms with Crippen LogP contribution in [0.3, 0.4) is 0 Å². The maximum Gasteiger partial charge on any atom is 0.412 e. The van der Waals surface area contributed by atoms with E-state index in [4.69, 9.17) is 4.74 Å². The van der Waals surface area contributed by atoms with Gasteiger partial charge in [-0.3, -0.25) is 10.1 Å². The Morgan fingerprint density at radius 2 is 1.83 bits per heavy atom. The summed E-state index contributed by atoms with van der Waals surface area (Å²) in [4.78, 5) is 23.0. The van der Waals surface area contributed by atoms with Gasteiger partial charge in [-0.15, -0.1) is 0 Å². The van der Waals surface area contributed by atoms with Crippen molar-refractivity contribution < 1.29 is 24.2 Å². The summed E-state index contributed by atoms with van der Waals surface area (Å²) >= 11 is 0. The second-order valence-electron chi connectivity index (χ2n) is 5.11. The van der Waals surface area contributed by atoms with E-state index in [0.717, 1.165) is 11.1 Å². The van der Waals surface area contributed by atoms with Crippen molar-refractivity contribution in [3.05, 3.63) is 59.7 Å². The molecule has 6 nitrogen and oxygen atoms in total. The summed E-state index contributed by atoms with van der Waals surface area (Å²) in [6, 6.07) is 14.0. The average Bonchev–Trinajstić information content (AvgIpc) is 2.61. The Balaban J connectivity index is 1.92. The summed E-state index contributed by atoms with van der Waals surface area (Å²) < 4.78 is 9.69. The van der Waals surface area contributed by atoms with E-state index in [1.807, 2.05) is 30.3 Å². The van der Waals surface area contributed by atoms with E-state index in [-0.39, 0.29) is 30.4 Å². The molecule has 0 heterocycles. The quantitative estimate of drug-likeness (QED) is 0.628. The van der Waals surface area contributed by atoms with Crippen molar-refractivity contribution >= 4 is 17.7 Å². The van der Waals surface area contributed by atoms with Crippen LogP contribution in [0.4, 0.5) is 10.5 Å². The van der Waals surface area contributed by atoms with Crippen LogP contribution in [0.1, 0.15) is 17.5 Å². The number of phenolic OH excluding ortho intramolecular Hbond substituents is 1. The number of carbonyl (C=O) groups excluding carboxylic acids is 2. The number of anilines is 1. The molecular formula is C18H19NO5. The van der Waals surface area contributed by atoms with E-state index in [2.05, 4.69) is 10.1 Å². The SMILES string of the molecule is COC(=O)CCc1ccc(O)c(NC(=O)OCc2ccccc2)c1. The van der Waals surface area contributed by atoms with Gasteiger partial charge in [-0.2, -0.15) is 0 Å². The minimum atomic E-state index is -0.667. The molecule has 0 aliphatic carbocycles. The first-order valence-corrected chi connectivity index (χ1v) is 7.45. The predicted octanol–water partition coefficient (Wildman–Crippen LogP) is 3.25. The molecule has 6 heteroatoms. The zero-order chi connectivity index (χ0) is 17.4. The standard InChI is InChI=1S/C18H19NO5/c1-23-17(21)10-8-13-7-9-16(20)15(11-13)19-18(22)24-12-14-5-3-2-4-6-14/h2-7,9,11,20H,8,10,12H2,1H3,(H,19,22). The monoisotopic (exact) mass is 329 g/mol. The molecule has 2 aromatic carbocycles. The maximum absolute atomic E-state index is 11.8. The number of nitrogens with one attached hydrogen (secondary N) is 1. The number of esters is 1. The lowest BCUT2D eigenvalue weighted by molar-refractivity contribution is -0.140. The molecule has 126 valence electrons. The molecule has 0 aliphatic rings. The molecule has 0 aliphatic heterocycles. The Morgan fingerprint density at radius 1 is 1.08 bits per heavy atom. The molecule has 2 rings (SSSR count). The predicted molar refractivity (Wildman–Crippen MR) is 88.7 cm³/mol. The molecule has 0 saturated heterocycles. The van der Waals surface area contributed by atoms with Crippen molar-refractivity contribution in [1.29, 1.82) is 0 Å². The number of ether oxygens (including phenoxy) is 2. The number of aromatic hydroxyl groups is 1. The van der Waals surface area contributed by atoms with Crippen molar-refractivity contribution in [2.45, 2.75) is 19.4 Å². The number of benzene rings is 2. The molecule has 0 bridgehead atoms.